The Morgan fingerprint density at radius 1 is 1.44 bits per heavy atom. The van der Waals surface area contributed by atoms with E-state index in [1.807, 2.05) is 11.0 Å². The van der Waals surface area contributed by atoms with Crippen molar-refractivity contribution in [3.05, 3.63) is 34.9 Å². The molecule has 0 atom stereocenters. The largest absolute Gasteiger partial charge is 0.338 e. The summed E-state index contributed by atoms with van der Waals surface area (Å²) in [6.45, 7) is 4.30. The SMILES string of the molecule is Cc1cc(CN)ccc1CN1CCCC1=O. The molecule has 1 aliphatic rings. The Hall–Kier alpha value is -1.35. The number of aryl methyl sites for hydroxylation is 1. The zero-order chi connectivity index (χ0) is 11.5. The number of hydrogen-bond donors (Lipinski definition) is 1. The van der Waals surface area contributed by atoms with E-state index in [4.69, 9.17) is 5.73 Å². The molecule has 1 aromatic rings. The Balaban J connectivity index is 2.12. The number of benzene rings is 1. The lowest BCUT2D eigenvalue weighted by Gasteiger charge is -2.17. The Morgan fingerprint density at radius 3 is 2.81 bits per heavy atom. The molecule has 3 heteroatoms. The average molecular weight is 218 g/mol. The van der Waals surface area contributed by atoms with Gasteiger partial charge in [-0.1, -0.05) is 18.2 Å². The van der Waals surface area contributed by atoms with Crippen LogP contribution in [0.2, 0.25) is 0 Å². The molecule has 1 amide bonds. The molecule has 0 spiro atoms. The fraction of sp³-hybridized carbons (Fsp3) is 0.462. The molecule has 2 N–H and O–H groups in total. The van der Waals surface area contributed by atoms with Crippen LogP contribution in [0.3, 0.4) is 0 Å². The number of rotatable bonds is 3. The van der Waals surface area contributed by atoms with E-state index >= 15 is 0 Å². The standard InChI is InChI=1S/C13H18N2O/c1-10-7-11(8-14)4-5-12(10)9-15-6-2-3-13(15)16/h4-5,7H,2-3,6,8-9,14H2,1H3. The maximum Gasteiger partial charge on any atom is 0.222 e. The number of likely N-dealkylation sites (tertiary alicyclic amines) is 1. The second-order valence-corrected chi connectivity index (χ2v) is 4.38. The third kappa shape index (κ3) is 2.25. The van der Waals surface area contributed by atoms with Gasteiger partial charge >= 0.3 is 0 Å². The highest BCUT2D eigenvalue weighted by molar-refractivity contribution is 5.78. The van der Waals surface area contributed by atoms with Gasteiger partial charge in [-0.3, -0.25) is 4.79 Å². The number of hydrogen-bond acceptors (Lipinski definition) is 2. The minimum absolute atomic E-state index is 0.280. The first-order valence-corrected chi connectivity index (χ1v) is 5.77. The van der Waals surface area contributed by atoms with Crippen LogP contribution in [0.4, 0.5) is 0 Å². The topological polar surface area (TPSA) is 46.3 Å². The Bertz CT molecular complexity index is 401. The maximum absolute atomic E-state index is 11.5. The first kappa shape index (κ1) is 11.1. The summed E-state index contributed by atoms with van der Waals surface area (Å²) in [6, 6.07) is 6.24. The lowest BCUT2D eigenvalue weighted by Crippen LogP contribution is -2.24. The van der Waals surface area contributed by atoms with Crippen LogP contribution in [0.1, 0.15) is 29.5 Å². The average Bonchev–Trinajstić information content (AvgIpc) is 2.67. The highest BCUT2D eigenvalue weighted by atomic mass is 16.2. The molecule has 1 aromatic carbocycles. The predicted molar refractivity (Wildman–Crippen MR) is 63.7 cm³/mol. The van der Waals surface area contributed by atoms with Gasteiger partial charge in [0, 0.05) is 26.1 Å². The van der Waals surface area contributed by atoms with E-state index in [1.54, 1.807) is 0 Å². The fourth-order valence-corrected chi connectivity index (χ4v) is 2.14. The van der Waals surface area contributed by atoms with Crippen molar-refractivity contribution in [3.63, 3.8) is 0 Å². The summed E-state index contributed by atoms with van der Waals surface area (Å²) in [4.78, 5) is 13.5. The lowest BCUT2D eigenvalue weighted by molar-refractivity contribution is -0.128. The molecule has 1 fully saturated rings. The Kier molecular flexibility index (Phi) is 3.25. The fourth-order valence-electron chi connectivity index (χ4n) is 2.14. The number of carbonyl (C=O) groups excluding carboxylic acids is 1. The normalized spacial score (nSPS) is 15.9. The Morgan fingerprint density at radius 2 is 2.25 bits per heavy atom. The van der Waals surface area contributed by atoms with Crippen LogP contribution in [0.15, 0.2) is 18.2 Å². The number of nitrogens with two attached hydrogens (primary N) is 1. The summed E-state index contributed by atoms with van der Waals surface area (Å²) < 4.78 is 0. The van der Waals surface area contributed by atoms with Gasteiger partial charge in [0.25, 0.3) is 0 Å². The second kappa shape index (κ2) is 4.66. The van der Waals surface area contributed by atoms with Gasteiger partial charge in [0.2, 0.25) is 5.91 Å². The van der Waals surface area contributed by atoms with E-state index in [9.17, 15) is 4.79 Å². The summed E-state index contributed by atoms with van der Waals surface area (Å²) in [6.07, 6.45) is 1.71. The second-order valence-electron chi connectivity index (χ2n) is 4.38. The molecule has 3 nitrogen and oxygen atoms in total. The van der Waals surface area contributed by atoms with Crippen LogP contribution >= 0.6 is 0 Å². The molecule has 1 heterocycles. The van der Waals surface area contributed by atoms with E-state index in [2.05, 4.69) is 19.1 Å². The summed E-state index contributed by atoms with van der Waals surface area (Å²) >= 11 is 0. The number of carbonyl (C=O) groups is 1. The van der Waals surface area contributed by atoms with Gasteiger partial charge in [0.1, 0.15) is 0 Å². The van der Waals surface area contributed by atoms with Gasteiger partial charge in [-0.25, -0.2) is 0 Å². The van der Waals surface area contributed by atoms with Crippen LogP contribution in [0, 0.1) is 6.92 Å². The summed E-state index contributed by atoms with van der Waals surface area (Å²) in [7, 11) is 0. The molecule has 86 valence electrons. The molecule has 0 unspecified atom stereocenters. The molecule has 1 aliphatic heterocycles. The minimum Gasteiger partial charge on any atom is -0.338 e. The molecular weight excluding hydrogens is 200 g/mol. The van der Waals surface area contributed by atoms with Crippen LogP contribution < -0.4 is 5.73 Å². The lowest BCUT2D eigenvalue weighted by atomic mass is 10.0. The monoisotopic (exact) mass is 218 g/mol. The van der Waals surface area contributed by atoms with E-state index in [0.29, 0.717) is 13.0 Å². The molecule has 0 aromatic heterocycles. The minimum atomic E-state index is 0.280. The summed E-state index contributed by atoms with van der Waals surface area (Å²) in [5, 5.41) is 0. The molecule has 0 saturated carbocycles. The van der Waals surface area contributed by atoms with Crippen LogP contribution in [-0.2, 0) is 17.9 Å². The van der Waals surface area contributed by atoms with Crippen molar-refractivity contribution >= 4 is 5.91 Å². The van der Waals surface area contributed by atoms with Crippen molar-refractivity contribution in [1.29, 1.82) is 0 Å². The highest BCUT2D eigenvalue weighted by Crippen LogP contribution is 2.17. The van der Waals surface area contributed by atoms with Crippen LogP contribution in [-0.4, -0.2) is 17.4 Å². The molecule has 0 aliphatic carbocycles. The third-order valence-electron chi connectivity index (χ3n) is 3.18. The van der Waals surface area contributed by atoms with Gasteiger partial charge in [-0.2, -0.15) is 0 Å². The van der Waals surface area contributed by atoms with Crippen molar-refractivity contribution in [2.75, 3.05) is 6.54 Å². The van der Waals surface area contributed by atoms with Gasteiger partial charge in [0.05, 0.1) is 0 Å². The zero-order valence-electron chi connectivity index (χ0n) is 9.70. The van der Waals surface area contributed by atoms with Crippen molar-refractivity contribution in [2.45, 2.75) is 32.9 Å². The van der Waals surface area contributed by atoms with Crippen LogP contribution in [0.25, 0.3) is 0 Å². The van der Waals surface area contributed by atoms with E-state index in [1.165, 1.54) is 11.1 Å². The van der Waals surface area contributed by atoms with E-state index < -0.39 is 0 Å². The van der Waals surface area contributed by atoms with Crippen molar-refractivity contribution in [1.82, 2.24) is 4.90 Å². The summed E-state index contributed by atoms with van der Waals surface area (Å²) in [5.74, 6) is 0.280. The van der Waals surface area contributed by atoms with Crippen LogP contribution in [0.5, 0.6) is 0 Å². The van der Waals surface area contributed by atoms with Gasteiger partial charge in [0.15, 0.2) is 0 Å². The molecule has 0 bridgehead atoms. The Labute approximate surface area is 96.2 Å². The quantitative estimate of drug-likeness (QED) is 0.837. The highest BCUT2D eigenvalue weighted by Gasteiger charge is 2.20. The molecule has 2 rings (SSSR count). The number of nitrogens with zero attached hydrogens (tertiary/aromatic N) is 1. The smallest absolute Gasteiger partial charge is 0.222 e. The van der Waals surface area contributed by atoms with E-state index in [-0.39, 0.29) is 5.91 Å². The first-order chi connectivity index (χ1) is 7.70. The predicted octanol–water partition coefficient (Wildman–Crippen LogP) is 1.58. The van der Waals surface area contributed by atoms with Crippen molar-refractivity contribution in [2.24, 2.45) is 5.73 Å². The van der Waals surface area contributed by atoms with Gasteiger partial charge < -0.3 is 10.6 Å². The maximum atomic E-state index is 11.5. The third-order valence-corrected chi connectivity index (χ3v) is 3.18. The van der Waals surface area contributed by atoms with Gasteiger partial charge in [-0.15, -0.1) is 0 Å². The molecule has 1 saturated heterocycles. The number of amides is 1. The van der Waals surface area contributed by atoms with E-state index in [0.717, 1.165) is 25.1 Å². The molecule has 16 heavy (non-hydrogen) atoms. The zero-order valence-corrected chi connectivity index (χ0v) is 9.70. The van der Waals surface area contributed by atoms with Gasteiger partial charge in [-0.05, 0) is 30.0 Å². The molecule has 0 radical (unpaired) electrons. The van der Waals surface area contributed by atoms with Crippen molar-refractivity contribution < 1.29 is 4.79 Å². The van der Waals surface area contributed by atoms with Crippen molar-refractivity contribution in [3.8, 4) is 0 Å². The first-order valence-electron chi connectivity index (χ1n) is 5.77. The molecular formula is C13H18N2O. The summed E-state index contributed by atoms with van der Waals surface area (Å²) in [5.41, 5.74) is 9.19.